The van der Waals surface area contributed by atoms with E-state index in [1.807, 2.05) is 42.4 Å². The normalized spacial score (nSPS) is 15.4. The third kappa shape index (κ3) is 6.53. The summed E-state index contributed by atoms with van der Waals surface area (Å²) in [6.07, 6.45) is 4.48. The minimum absolute atomic E-state index is 0.0166. The molecule has 9 heteroatoms. The molecule has 1 saturated heterocycles. The zero-order valence-electron chi connectivity index (χ0n) is 20.4. The Labute approximate surface area is 222 Å². The molecule has 0 spiro atoms. The average Bonchev–Trinajstić information content (AvgIpc) is 3.37. The molecule has 4 N–H and O–H groups in total. The van der Waals surface area contributed by atoms with Gasteiger partial charge in [-0.05, 0) is 49.1 Å². The monoisotopic (exact) mass is 526 g/mol. The largest absolute Gasteiger partial charge is 0.376 e. The maximum atomic E-state index is 13.1. The quantitative estimate of drug-likeness (QED) is 0.224. The van der Waals surface area contributed by atoms with Gasteiger partial charge in [0, 0.05) is 54.7 Å². The number of benzene rings is 2. The molecule has 1 fully saturated rings. The van der Waals surface area contributed by atoms with Crippen LogP contribution in [-0.4, -0.2) is 65.8 Å². The molecule has 2 heterocycles. The number of anilines is 2. The van der Waals surface area contributed by atoms with Gasteiger partial charge in [0.2, 0.25) is 5.91 Å². The summed E-state index contributed by atoms with van der Waals surface area (Å²) in [5, 5.41) is 16.4. The molecule has 1 aliphatic rings. The van der Waals surface area contributed by atoms with Gasteiger partial charge < -0.3 is 25.4 Å². The summed E-state index contributed by atoms with van der Waals surface area (Å²) in [5.41, 5.74) is 2.77. The smallest absolute Gasteiger partial charge is 0.241 e. The molecule has 1 amide bonds. The van der Waals surface area contributed by atoms with E-state index in [1.54, 1.807) is 18.2 Å². The van der Waals surface area contributed by atoms with Crippen molar-refractivity contribution < 1.29 is 4.79 Å². The van der Waals surface area contributed by atoms with Crippen LogP contribution in [0.1, 0.15) is 24.0 Å². The molecule has 1 aliphatic heterocycles. The molecule has 0 unspecified atom stereocenters. The number of piperidine rings is 1. The predicted octanol–water partition coefficient (Wildman–Crippen LogP) is 5.34. The molecule has 36 heavy (non-hydrogen) atoms. The van der Waals surface area contributed by atoms with E-state index >= 15 is 0 Å². The summed E-state index contributed by atoms with van der Waals surface area (Å²) >= 11 is 12.2. The molecule has 190 valence electrons. The number of hydrogen-bond acceptors (Lipinski definition) is 4. The van der Waals surface area contributed by atoms with Crippen LogP contribution in [-0.2, 0) is 11.2 Å². The van der Waals surface area contributed by atoms with Crippen LogP contribution in [0.2, 0.25) is 10.0 Å². The number of amides is 1. The zero-order chi connectivity index (χ0) is 25.5. The number of amidine groups is 1. The summed E-state index contributed by atoms with van der Waals surface area (Å²) in [7, 11) is 1.85. The summed E-state index contributed by atoms with van der Waals surface area (Å²) in [6, 6.07) is 17.5. The van der Waals surface area contributed by atoms with Gasteiger partial charge in [-0.1, -0.05) is 53.5 Å². The zero-order valence-corrected chi connectivity index (χ0v) is 21.9. The number of carbonyl (C=O) groups excluding carboxylic acids is 1. The first-order chi connectivity index (χ1) is 17.4. The molecule has 4 rings (SSSR count). The highest BCUT2D eigenvalue weighted by atomic mass is 35.5. The van der Waals surface area contributed by atoms with Crippen LogP contribution < -0.4 is 10.6 Å². The lowest BCUT2D eigenvalue weighted by Crippen LogP contribution is -2.53. The van der Waals surface area contributed by atoms with Gasteiger partial charge in [0.1, 0.15) is 11.7 Å². The number of likely N-dealkylation sites (tertiary alicyclic amines) is 1. The van der Waals surface area contributed by atoms with Crippen molar-refractivity contribution in [2.75, 3.05) is 43.9 Å². The fraction of sp³-hybridized carbons (Fsp3) is 0.333. The van der Waals surface area contributed by atoms with Crippen LogP contribution in [0.15, 0.2) is 60.8 Å². The first-order valence-electron chi connectivity index (χ1n) is 12.2. The Balaban J connectivity index is 1.46. The van der Waals surface area contributed by atoms with E-state index in [9.17, 15) is 4.79 Å². The molecular formula is C27H32Cl2N6O. The molecule has 3 aromatic rings. The molecule has 7 nitrogen and oxygen atoms in total. The Kier molecular flexibility index (Phi) is 8.78. The van der Waals surface area contributed by atoms with Gasteiger partial charge in [0.25, 0.3) is 0 Å². The van der Waals surface area contributed by atoms with Crippen molar-refractivity contribution in [2.45, 2.75) is 25.3 Å². The number of rotatable bonds is 9. The Morgan fingerprint density at radius 2 is 1.92 bits per heavy atom. The van der Waals surface area contributed by atoms with Crippen LogP contribution in [0.25, 0.3) is 0 Å². The number of nitrogens with zero attached hydrogens (tertiary/aromatic N) is 2. The van der Waals surface area contributed by atoms with Crippen molar-refractivity contribution in [2.24, 2.45) is 0 Å². The van der Waals surface area contributed by atoms with Crippen LogP contribution in [0, 0.1) is 5.41 Å². The number of H-pyrrole nitrogens is 1. The number of aromatic nitrogens is 1. The van der Waals surface area contributed by atoms with E-state index in [-0.39, 0.29) is 18.5 Å². The average molecular weight is 528 g/mol. The maximum Gasteiger partial charge on any atom is 0.241 e. The van der Waals surface area contributed by atoms with E-state index in [1.165, 1.54) is 5.56 Å². The number of halogens is 2. The SMILES string of the molecule is CNc1[nH]ccc1C(=N)N(CCc1ccccc1)[C@H]1CCCN(C(=O)CNc2cc(Cl)cc(Cl)c2)C1. The first-order valence-corrected chi connectivity index (χ1v) is 12.9. The second-order valence-electron chi connectivity index (χ2n) is 8.94. The van der Waals surface area contributed by atoms with Gasteiger partial charge in [-0.2, -0.15) is 0 Å². The van der Waals surface area contributed by atoms with Gasteiger partial charge in [-0.25, -0.2) is 0 Å². The Bertz CT molecular complexity index is 1160. The van der Waals surface area contributed by atoms with Crippen LogP contribution in [0.5, 0.6) is 0 Å². The fourth-order valence-corrected chi connectivity index (χ4v) is 5.21. The Hall–Kier alpha value is -3.16. The molecule has 0 bridgehead atoms. The number of nitrogens with one attached hydrogen (secondary N) is 4. The summed E-state index contributed by atoms with van der Waals surface area (Å²) in [6.45, 7) is 2.14. The maximum absolute atomic E-state index is 13.1. The van der Waals surface area contributed by atoms with E-state index < -0.39 is 0 Å². The van der Waals surface area contributed by atoms with Crippen molar-refractivity contribution in [3.8, 4) is 0 Å². The minimum Gasteiger partial charge on any atom is -0.376 e. The predicted molar refractivity (Wildman–Crippen MR) is 149 cm³/mol. The van der Waals surface area contributed by atoms with Crippen molar-refractivity contribution in [1.82, 2.24) is 14.8 Å². The second-order valence-corrected chi connectivity index (χ2v) is 9.81. The van der Waals surface area contributed by atoms with E-state index in [0.717, 1.165) is 30.6 Å². The highest BCUT2D eigenvalue weighted by Gasteiger charge is 2.30. The lowest BCUT2D eigenvalue weighted by molar-refractivity contribution is -0.131. The van der Waals surface area contributed by atoms with E-state index in [0.29, 0.717) is 41.2 Å². The van der Waals surface area contributed by atoms with Crippen molar-refractivity contribution >= 4 is 46.4 Å². The van der Waals surface area contributed by atoms with Gasteiger partial charge in [0.05, 0.1) is 12.1 Å². The number of aromatic amines is 1. The number of hydrogen-bond donors (Lipinski definition) is 4. The van der Waals surface area contributed by atoms with Crippen LogP contribution in [0.3, 0.4) is 0 Å². The summed E-state index contributed by atoms with van der Waals surface area (Å²) in [4.78, 5) is 20.3. The number of carbonyl (C=O) groups is 1. The Morgan fingerprint density at radius 1 is 1.17 bits per heavy atom. The van der Waals surface area contributed by atoms with Gasteiger partial charge in [-0.3, -0.25) is 10.2 Å². The van der Waals surface area contributed by atoms with Gasteiger partial charge in [-0.15, -0.1) is 0 Å². The summed E-state index contributed by atoms with van der Waals surface area (Å²) in [5.74, 6) is 1.29. The lowest BCUT2D eigenvalue weighted by atomic mass is 10.0. The fourth-order valence-electron chi connectivity index (χ4n) is 4.68. The standard InChI is InChI=1S/C27H32Cl2N6O/c1-31-27-24(9-11-32-27)26(30)35(13-10-19-6-3-2-4-7-19)23-8-5-12-34(18-23)25(36)17-33-22-15-20(28)14-21(29)16-22/h2-4,6-7,9,11,14-16,23,30-33H,5,8,10,12-13,17-18H2,1H3/t23-/m0/s1. The highest BCUT2D eigenvalue weighted by Crippen LogP contribution is 2.24. The second kappa shape index (κ2) is 12.2. The molecule has 0 radical (unpaired) electrons. The molecular weight excluding hydrogens is 495 g/mol. The molecule has 0 aliphatic carbocycles. The van der Waals surface area contributed by atoms with Crippen LogP contribution >= 0.6 is 23.2 Å². The van der Waals surface area contributed by atoms with Gasteiger partial charge in [0.15, 0.2) is 0 Å². The third-order valence-corrected chi connectivity index (χ3v) is 6.96. The molecule has 1 aromatic heterocycles. The topological polar surface area (TPSA) is 87.2 Å². The van der Waals surface area contributed by atoms with Crippen molar-refractivity contribution in [3.63, 3.8) is 0 Å². The highest BCUT2D eigenvalue weighted by molar-refractivity contribution is 6.35. The van der Waals surface area contributed by atoms with Crippen LogP contribution in [0.4, 0.5) is 11.5 Å². The molecule has 1 atom stereocenters. The van der Waals surface area contributed by atoms with E-state index in [4.69, 9.17) is 28.6 Å². The third-order valence-electron chi connectivity index (χ3n) is 6.52. The van der Waals surface area contributed by atoms with Crippen molar-refractivity contribution in [3.05, 3.63) is 82.0 Å². The van der Waals surface area contributed by atoms with Crippen molar-refractivity contribution in [1.29, 1.82) is 5.41 Å². The first kappa shape index (κ1) is 25.9. The molecule has 0 saturated carbocycles. The summed E-state index contributed by atoms with van der Waals surface area (Å²) < 4.78 is 0. The Morgan fingerprint density at radius 3 is 2.64 bits per heavy atom. The van der Waals surface area contributed by atoms with E-state index in [2.05, 4.69) is 32.7 Å². The van der Waals surface area contributed by atoms with Gasteiger partial charge >= 0.3 is 0 Å². The molecule has 2 aromatic carbocycles. The minimum atomic E-state index is 0.0166. The lowest BCUT2D eigenvalue weighted by Gasteiger charge is -2.41.